The minimum Gasteiger partial charge on any atom is -0.463 e. The van der Waals surface area contributed by atoms with E-state index < -0.39 is 53.8 Å². The first-order valence-electron chi connectivity index (χ1n) is 14.8. The number of nitrogens with zero attached hydrogens (tertiary/aromatic N) is 1. The van der Waals surface area contributed by atoms with Crippen molar-refractivity contribution in [2.75, 3.05) is 20.0 Å². The third-order valence-electron chi connectivity index (χ3n) is 8.98. The average molecular weight is 592 g/mol. The van der Waals surface area contributed by atoms with Crippen LogP contribution in [0, 0.1) is 29.1 Å². The highest BCUT2D eigenvalue weighted by atomic mass is 16.7. The molecule has 0 spiro atoms. The molecule has 9 nitrogen and oxygen atoms in total. The van der Waals surface area contributed by atoms with Crippen LogP contribution in [-0.2, 0) is 33.4 Å². The van der Waals surface area contributed by atoms with Gasteiger partial charge in [-0.25, -0.2) is 4.79 Å². The maximum absolute atomic E-state index is 13.2. The van der Waals surface area contributed by atoms with Crippen LogP contribution in [0.4, 0.5) is 0 Å². The molecule has 1 saturated heterocycles. The van der Waals surface area contributed by atoms with Crippen LogP contribution in [0.15, 0.2) is 59.8 Å². The molecule has 1 aliphatic rings. The van der Waals surface area contributed by atoms with Crippen LogP contribution in [0.5, 0.6) is 0 Å². The molecule has 1 fully saturated rings. The minimum absolute atomic E-state index is 0.0677. The fraction of sp³-hybridized carbons (Fsp3) is 0.471. The SMILES string of the molecule is CCC(CC(C(=O)OCO)C(C)(C)C(C)C(C)C(=O)O/N=C/c1c2ccccc2cc2ccccc12)C(=O)OCC1CO1. The van der Waals surface area contributed by atoms with E-state index in [2.05, 4.69) is 11.2 Å². The first kappa shape index (κ1) is 32.1. The van der Waals surface area contributed by atoms with E-state index in [0.29, 0.717) is 13.0 Å². The van der Waals surface area contributed by atoms with Gasteiger partial charge in [0.05, 0.1) is 30.6 Å². The van der Waals surface area contributed by atoms with Gasteiger partial charge in [0.1, 0.15) is 12.7 Å². The van der Waals surface area contributed by atoms with Gasteiger partial charge in [-0.1, -0.05) is 88.3 Å². The lowest BCUT2D eigenvalue weighted by molar-refractivity contribution is -0.168. The van der Waals surface area contributed by atoms with Crippen LogP contribution >= 0.6 is 0 Å². The van der Waals surface area contributed by atoms with Gasteiger partial charge in [0.25, 0.3) is 0 Å². The summed E-state index contributed by atoms with van der Waals surface area (Å²) >= 11 is 0. The highest BCUT2D eigenvalue weighted by molar-refractivity contribution is 6.13. The molecular formula is C34H41NO8. The normalized spacial score (nSPS) is 17.8. The smallest absolute Gasteiger partial charge is 0.338 e. The summed E-state index contributed by atoms with van der Waals surface area (Å²) in [5.41, 5.74) is 0.0215. The van der Waals surface area contributed by atoms with Gasteiger partial charge < -0.3 is 24.2 Å². The van der Waals surface area contributed by atoms with Gasteiger partial charge in [-0.15, -0.1) is 0 Å². The zero-order valence-electron chi connectivity index (χ0n) is 25.4. The highest BCUT2D eigenvalue weighted by Gasteiger charge is 2.46. The number of carbonyl (C=O) groups excluding carboxylic acids is 3. The Labute approximate surface area is 252 Å². The molecule has 1 heterocycles. The van der Waals surface area contributed by atoms with Gasteiger partial charge in [0.15, 0.2) is 6.79 Å². The van der Waals surface area contributed by atoms with E-state index in [1.54, 1.807) is 13.1 Å². The van der Waals surface area contributed by atoms with Crippen molar-refractivity contribution in [2.24, 2.45) is 34.2 Å². The number of esters is 2. The average Bonchev–Trinajstić information content (AvgIpc) is 3.83. The van der Waals surface area contributed by atoms with Gasteiger partial charge in [0.2, 0.25) is 0 Å². The first-order valence-corrected chi connectivity index (χ1v) is 14.8. The molecule has 1 N–H and O–H groups in total. The highest BCUT2D eigenvalue weighted by Crippen LogP contribution is 2.44. The lowest BCUT2D eigenvalue weighted by atomic mass is 9.63. The van der Waals surface area contributed by atoms with Crippen molar-refractivity contribution in [3.63, 3.8) is 0 Å². The van der Waals surface area contributed by atoms with E-state index in [1.165, 1.54) is 0 Å². The van der Waals surface area contributed by atoms with Crippen LogP contribution in [0.2, 0.25) is 0 Å². The van der Waals surface area contributed by atoms with Crippen molar-refractivity contribution in [3.8, 4) is 0 Å². The Bertz CT molecular complexity index is 1420. The molecule has 3 aromatic carbocycles. The summed E-state index contributed by atoms with van der Waals surface area (Å²) in [7, 11) is 0. The summed E-state index contributed by atoms with van der Waals surface area (Å²) < 4.78 is 15.5. The van der Waals surface area contributed by atoms with Crippen molar-refractivity contribution < 1.29 is 38.5 Å². The number of hydrogen-bond acceptors (Lipinski definition) is 9. The van der Waals surface area contributed by atoms with Gasteiger partial charge in [-0.3, -0.25) is 9.59 Å². The van der Waals surface area contributed by atoms with Gasteiger partial charge >= 0.3 is 17.9 Å². The van der Waals surface area contributed by atoms with Crippen LogP contribution in [0.3, 0.4) is 0 Å². The van der Waals surface area contributed by atoms with Crippen molar-refractivity contribution in [2.45, 2.75) is 53.6 Å². The molecule has 0 bridgehead atoms. The van der Waals surface area contributed by atoms with Crippen molar-refractivity contribution in [1.29, 1.82) is 0 Å². The van der Waals surface area contributed by atoms with Gasteiger partial charge in [0, 0.05) is 5.56 Å². The number of hydrogen-bond donors (Lipinski definition) is 1. The van der Waals surface area contributed by atoms with E-state index in [4.69, 9.17) is 19.0 Å². The van der Waals surface area contributed by atoms with Crippen molar-refractivity contribution in [3.05, 3.63) is 60.2 Å². The number of aliphatic hydroxyl groups is 1. The minimum atomic E-state index is -0.826. The van der Waals surface area contributed by atoms with E-state index in [-0.39, 0.29) is 19.1 Å². The third kappa shape index (κ3) is 7.58. The van der Waals surface area contributed by atoms with E-state index in [9.17, 15) is 19.5 Å². The Balaban J connectivity index is 1.49. The Kier molecular flexibility index (Phi) is 10.5. The predicted octanol–water partition coefficient (Wildman–Crippen LogP) is 5.64. The topological polar surface area (TPSA) is 124 Å². The van der Waals surface area contributed by atoms with E-state index in [0.717, 1.165) is 27.1 Å². The molecule has 230 valence electrons. The number of epoxide rings is 1. The quantitative estimate of drug-likeness (QED) is 0.0486. The van der Waals surface area contributed by atoms with Gasteiger partial charge in [-0.05, 0) is 51.8 Å². The maximum Gasteiger partial charge on any atom is 0.338 e. The zero-order valence-corrected chi connectivity index (χ0v) is 25.4. The standard InChI is InChI=1S/C34H41NO8/c1-6-23(32(38)41-19-26-18-40-26)16-30(33(39)42-20-36)34(4,5)22(3)21(2)31(37)43-35-17-29-27-13-9-7-11-24(27)15-25-12-8-10-14-28(25)29/h7-15,17,21-23,26,30,36H,6,16,18-20H2,1-5H3/b35-17+. The molecule has 1 aliphatic heterocycles. The Morgan fingerprint density at radius 3 is 2.16 bits per heavy atom. The lowest BCUT2D eigenvalue weighted by Gasteiger charge is -2.40. The van der Waals surface area contributed by atoms with Crippen LogP contribution in [0.1, 0.15) is 53.0 Å². The number of benzene rings is 3. The largest absolute Gasteiger partial charge is 0.463 e. The number of oxime groups is 1. The fourth-order valence-electron chi connectivity index (χ4n) is 5.61. The number of fused-ring (bicyclic) bond motifs is 2. The number of rotatable bonds is 14. The zero-order chi connectivity index (χ0) is 31.1. The Morgan fingerprint density at radius 2 is 1.60 bits per heavy atom. The molecule has 3 aromatic rings. The maximum atomic E-state index is 13.2. The van der Waals surface area contributed by atoms with E-state index in [1.807, 2.05) is 76.2 Å². The molecule has 9 heteroatoms. The second-order valence-electron chi connectivity index (χ2n) is 11.8. The van der Waals surface area contributed by atoms with Crippen LogP contribution in [-0.4, -0.2) is 55.3 Å². The molecule has 5 unspecified atom stereocenters. The lowest BCUT2D eigenvalue weighted by Crippen LogP contribution is -2.43. The first-order chi connectivity index (χ1) is 20.6. The molecule has 0 saturated carbocycles. The molecule has 0 amide bonds. The summed E-state index contributed by atoms with van der Waals surface area (Å²) in [5.74, 6) is -4.01. The Morgan fingerprint density at radius 1 is 1.00 bits per heavy atom. The number of aliphatic hydroxyl groups excluding tert-OH is 1. The number of carbonyl (C=O) groups is 3. The second-order valence-corrected chi connectivity index (χ2v) is 11.8. The third-order valence-corrected chi connectivity index (χ3v) is 8.98. The fourth-order valence-corrected chi connectivity index (χ4v) is 5.61. The van der Waals surface area contributed by atoms with Gasteiger partial charge in [-0.2, -0.15) is 0 Å². The summed E-state index contributed by atoms with van der Waals surface area (Å²) in [6.07, 6.45) is 2.09. The second kappa shape index (κ2) is 14.1. The predicted molar refractivity (Wildman–Crippen MR) is 163 cm³/mol. The van der Waals surface area contributed by atoms with Crippen molar-refractivity contribution in [1.82, 2.24) is 0 Å². The molecule has 0 aromatic heterocycles. The van der Waals surface area contributed by atoms with E-state index >= 15 is 0 Å². The molecule has 43 heavy (non-hydrogen) atoms. The summed E-state index contributed by atoms with van der Waals surface area (Å²) in [6.45, 7) is 9.11. The van der Waals surface area contributed by atoms with Crippen LogP contribution < -0.4 is 0 Å². The molecule has 4 rings (SSSR count). The summed E-state index contributed by atoms with van der Waals surface area (Å²) in [6, 6.07) is 18.0. The molecular weight excluding hydrogens is 550 g/mol. The van der Waals surface area contributed by atoms with Crippen LogP contribution in [0.25, 0.3) is 21.5 Å². The molecule has 0 aliphatic carbocycles. The number of ether oxygens (including phenoxy) is 3. The molecule has 5 atom stereocenters. The van der Waals surface area contributed by atoms with Crippen molar-refractivity contribution >= 4 is 45.7 Å². The molecule has 0 radical (unpaired) electrons. The monoisotopic (exact) mass is 591 g/mol. The Hall–Kier alpha value is -3.82. The summed E-state index contributed by atoms with van der Waals surface area (Å²) in [5, 5.41) is 17.5. The summed E-state index contributed by atoms with van der Waals surface area (Å²) in [4.78, 5) is 44.5.